The fourth-order valence-electron chi connectivity index (χ4n) is 1.97. The fourth-order valence-corrected chi connectivity index (χ4v) is 1.97. The Morgan fingerprint density at radius 1 is 1.48 bits per heavy atom. The molecule has 1 N–H and O–H groups in total. The molecule has 2 amide bonds. The fraction of sp³-hybridized carbons (Fsp3) is 0.467. The number of amides is 2. The second-order valence-corrected chi connectivity index (χ2v) is 5.09. The zero-order valence-corrected chi connectivity index (χ0v) is 13.5. The van der Waals surface area contributed by atoms with Crippen LogP contribution in [-0.2, 0) is 11.3 Å². The first-order valence-corrected chi connectivity index (χ1v) is 7.34. The maximum absolute atomic E-state index is 12.5. The van der Waals surface area contributed by atoms with Gasteiger partial charge in [-0.25, -0.2) is 4.79 Å². The molecule has 0 aromatic carbocycles. The van der Waals surface area contributed by atoms with Crippen molar-refractivity contribution in [3.8, 4) is 0 Å². The summed E-state index contributed by atoms with van der Waals surface area (Å²) in [4.78, 5) is 22.5. The number of hydrogen-bond donors (Lipinski definition) is 1. The lowest BCUT2D eigenvalue weighted by atomic mass is 10.3. The lowest BCUT2D eigenvalue weighted by Crippen LogP contribution is -2.42. The van der Waals surface area contributed by atoms with E-state index in [1.165, 1.54) is 0 Å². The molecule has 0 saturated heterocycles. The molecule has 8 nitrogen and oxygen atoms in total. The molecule has 8 heteroatoms. The summed E-state index contributed by atoms with van der Waals surface area (Å²) >= 11 is 0. The van der Waals surface area contributed by atoms with Crippen LogP contribution in [0.5, 0.6) is 0 Å². The van der Waals surface area contributed by atoms with E-state index < -0.39 is 0 Å². The Bertz CT molecular complexity index is 617. The van der Waals surface area contributed by atoms with E-state index in [1.807, 2.05) is 18.2 Å². The third-order valence-electron chi connectivity index (χ3n) is 3.19. The number of rotatable bonds is 7. The number of aryl methyl sites for hydroxylation is 1. The average Bonchev–Trinajstić information content (AvgIpc) is 2.99. The molecule has 0 aliphatic carbocycles. The van der Waals surface area contributed by atoms with E-state index in [9.17, 15) is 4.79 Å². The van der Waals surface area contributed by atoms with Crippen LogP contribution in [0.2, 0.25) is 0 Å². The van der Waals surface area contributed by atoms with Crippen LogP contribution in [0.3, 0.4) is 0 Å². The van der Waals surface area contributed by atoms with Gasteiger partial charge in [0, 0.05) is 19.9 Å². The van der Waals surface area contributed by atoms with E-state index in [0.29, 0.717) is 31.4 Å². The molecular formula is C15H21N5O3. The van der Waals surface area contributed by atoms with Crippen molar-refractivity contribution in [2.75, 3.05) is 20.3 Å². The molecule has 0 saturated carbocycles. The Labute approximate surface area is 134 Å². The smallest absolute Gasteiger partial charge is 0.318 e. The molecule has 2 aromatic heterocycles. The van der Waals surface area contributed by atoms with Crippen LogP contribution in [0.4, 0.5) is 4.79 Å². The molecule has 0 aliphatic heterocycles. The van der Waals surface area contributed by atoms with Gasteiger partial charge in [-0.3, -0.25) is 4.98 Å². The zero-order valence-electron chi connectivity index (χ0n) is 13.5. The number of aromatic nitrogens is 3. The number of carbonyl (C=O) groups is 1. The van der Waals surface area contributed by atoms with Crippen LogP contribution in [0, 0.1) is 6.92 Å². The number of carbonyl (C=O) groups excluding carboxylic acids is 1. The highest BCUT2D eigenvalue weighted by Gasteiger charge is 2.20. The number of nitrogens with zero attached hydrogens (tertiary/aromatic N) is 4. The van der Waals surface area contributed by atoms with Gasteiger partial charge >= 0.3 is 6.03 Å². The van der Waals surface area contributed by atoms with Crippen molar-refractivity contribution in [3.63, 3.8) is 0 Å². The number of nitrogens with one attached hydrogen (secondary N) is 1. The van der Waals surface area contributed by atoms with Crippen LogP contribution < -0.4 is 5.32 Å². The van der Waals surface area contributed by atoms with Gasteiger partial charge in [0.15, 0.2) is 5.82 Å². The molecule has 1 atom stereocenters. The van der Waals surface area contributed by atoms with Crippen LogP contribution in [0.15, 0.2) is 28.9 Å². The van der Waals surface area contributed by atoms with Crippen molar-refractivity contribution in [1.82, 2.24) is 25.3 Å². The SMILES string of the molecule is COCCN(Cc1ccccn1)C(=O)N[C@H](C)c1nc(C)no1. The molecule has 0 spiro atoms. The Balaban J connectivity index is 2.00. The largest absolute Gasteiger partial charge is 0.383 e. The summed E-state index contributed by atoms with van der Waals surface area (Å²) in [6, 6.07) is 4.98. The second-order valence-electron chi connectivity index (χ2n) is 5.09. The Morgan fingerprint density at radius 3 is 2.91 bits per heavy atom. The van der Waals surface area contributed by atoms with Crippen molar-refractivity contribution in [1.29, 1.82) is 0 Å². The molecule has 0 unspecified atom stereocenters. The van der Waals surface area contributed by atoms with E-state index in [-0.39, 0.29) is 12.1 Å². The average molecular weight is 319 g/mol. The molecule has 0 fully saturated rings. The summed E-state index contributed by atoms with van der Waals surface area (Å²) in [5.74, 6) is 0.909. The highest BCUT2D eigenvalue weighted by atomic mass is 16.5. The Hall–Kier alpha value is -2.48. The second kappa shape index (κ2) is 8.23. The maximum atomic E-state index is 12.5. The van der Waals surface area contributed by atoms with E-state index in [2.05, 4.69) is 20.4 Å². The standard InChI is InChI=1S/C15H21N5O3/c1-11(14-18-12(2)19-23-14)17-15(21)20(8-9-22-3)10-13-6-4-5-7-16-13/h4-7,11H,8-10H2,1-3H3,(H,17,21)/t11-/m1/s1. The van der Waals surface area contributed by atoms with E-state index in [4.69, 9.17) is 9.26 Å². The first-order valence-electron chi connectivity index (χ1n) is 7.34. The predicted molar refractivity (Wildman–Crippen MR) is 82.5 cm³/mol. The van der Waals surface area contributed by atoms with E-state index in [1.54, 1.807) is 32.1 Å². The molecule has 0 bridgehead atoms. The molecule has 2 aromatic rings. The molecular weight excluding hydrogens is 298 g/mol. The van der Waals surface area contributed by atoms with Gasteiger partial charge in [-0.15, -0.1) is 0 Å². The molecule has 2 heterocycles. The number of methoxy groups -OCH3 is 1. The number of urea groups is 1. The number of hydrogen-bond acceptors (Lipinski definition) is 6. The first kappa shape index (κ1) is 16.9. The minimum atomic E-state index is -0.377. The van der Waals surface area contributed by atoms with Gasteiger partial charge in [-0.2, -0.15) is 4.98 Å². The molecule has 0 radical (unpaired) electrons. The third kappa shape index (κ3) is 5.03. The van der Waals surface area contributed by atoms with Gasteiger partial charge in [0.05, 0.1) is 18.8 Å². The van der Waals surface area contributed by atoms with Gasteiger partial charge in [0.1, 0.15) is 6.04 Å². The Morgan fingerprint density at radius 2 is 2.30 bits per heavy atom. The van der Waals surface area contributed by atoms with Gasteiger partial charge in [0.2, 0.25) is 5.89 Å². The zero-order chi connectivity index (χ0) is 16.7. The van der Waals surface area contributed by atoms with Crippen molar-refractivity contribution >= 4 is 6.03 Å². The van der Waals surface area contributed by atoms with Gasteiger partial charge in [0.25, 0.3) is 0 Å². The molecule has 0 aliphatic rings. The molecule has 23 heavy (non-hydrogen) atoms. The minimum Gasteiger partial charge on any atom is -0.383 e. The summed E-state index contributed by atoms with van der Waals surface area (Å²) in [5.41, 5.74) is 0.806. The predicted octanol–water partition coefficient (Wildman–Crippen LogP) is 1.69. The summed E-state index contributed by atoms with van der Waals surface area (Å²) in [6.07, 6.45) is 1.70. The maximum Gasteiger partial charge on any atom is 0.318 e. The van der Waals surface area contributed by atoms with Gasteiger partial charge < -0.3 is 19.5 Å². The van der Waals surface area contributed by atoms with Gasteiger partial charge in [-0.1, -0.05) is 11.2 Å². The highest BCUT2D eigenvalue weighted by molar-refractivity contribution is 5.74. The minimum absolute atomic E-state index is 0.240. The highest BCUT2D eigenvalue weighted by Crippen LogP contribution is 2.10. The number of pyridine rings is 1. The summed E-state index contributed by atoms with van der Waals surface area (Å²) in [5, 5.41) is 6.57. The topological polar surface area (TPSA) is 93.4 Å². The van der Waals surface area contributed by atoms with E-state index >= 15 is 0 Å². The van der Waals surface area contributed by atoms with Crippen LogP contribution in [0.25, 0.3) is 0 Å². The van der Waals surface area contributed by atoms with Crippen molar-refractivity contribution in [2.24, 2.45) is 0 Å². The lowest BCUT2D eigenvalue weighted by Gasteiger charge is -2.23. The van der Waals surface area contributed by atoms with Crippen molar-refractivity contribution in [2.45, 2.75) is 26.4 Å². The summed E-state index contributed by atoms with van der Waals surface area (Å²) < 4.78 is 10.1. The number of ether oxygens (including phenoxy) is 1. The monoisotopic (exact) mass is 319 g/mol. The van der Waals surface area contributed by atoms with Gasteiger partial charge in [-0.05, 0) is 26.0 Å². The van der Waals surface area contributed by atoms with Crippen molar-refractivity contribution < 1.29 is 14.1 Å². The molecule has 2 rings (SSSR count). The first-order chi connectivity index (χ1) is 11.1. The lowest BCUT2D eigenvalue weighted by molar-refractivity contribution is 0.143. The quantitative estimate of drug-likeness (QED) is 0.835. The van der Waals surface area contributed by atoms with Crippen LogP contribution >= 0.6 is 0 Å². The summed E-state index contributed by atoms with van der Waals surface area (Å²) in [7, 11) is 1.60. The van der Waals surface area contributed by atoms with E-state index in [0.717, 1.165) is 5.69 Å². The normalized spacial score (nSPS) is 12.0. The van der Waals surface area contributed by atoms with Crippen LogP contribution in [-0.4, -0.2) is 46.3 Å². The van der Waals surface area contributed by atoms with Crippen LogP contribution in [0.1, 0.15) is 30.4 Å². The summed E-state index contributed by atoms with van der Waals surface area (Å²) in [6.45, 7) is 4.81. The molecule has 124 valence electrons. The van der Waals surface area contributed by atoms with Crippen molar-refractivity contribution in [3.05, 3.63) is 41.8 Å². The third-order valence-corrected chi connectivity index (χ3v) is 3.19. The Kier molecular flexibility index (Phi) is 6.04.